The van der Waals surface area contributed by atoms with E-state index in [0.717, 1.165) is 17.8 Å². The molecule has 2 nitrogen and oxygen atoms in total. The lowest BCUT2D eigenvalue weighted by atomic mass is 10.0. The Hall–Kier alpha value is -2.61. The third kappa shape index (κ3) is 3.78. The zero-order valence-electron chi connectivity index (χ0n) is 13.7. The Bertz CT molecular complexity index is 727. The van der Waals surface area contributed by atoms with Crippen LogP contribution in [0.15, 0.2) is 89.1 Å². The lowest BCUT2D eigenvalue weighted by Gasteiger charge is -2.23. The van der Waals surface area contributed by atoms with Crippen molar-refractivity contribution in [2.45, 2.75) is 13.8 Å². The molecule has 0 saturated carbocycles. The first kappa shape index (κ1) is 15.3. The van der Waals surface area contributed by atoms with Crippen LogP contribution < -0.4 is 5.01 Å². The molecule has 0 amide bonds. The molecule has 0 heterocycles. The molecule has 1 atom stereocenters. The Balaban J connectivity index is 1.83. The molecule has 0 N–H and O–H groups in total. The number of hydrazone groups is 1. The fraction of sp³-hybridized carbons (Fsp3) is 0.190. The number of anilines is 1. The molecule has 0 radical (unpaired) electrons. The van der Waals surface area contributed by atoms with Crippen molar-refractivity contribution in [1.29, 1.82) is 0 Å². The molecule has 2 aromatic rings. The van der Waals surface area contributed by atoms with E-state index in [4.69, 9.17) is 5.10 Å². The highest BCUT2D eigenvalue weighted by Crippen LogP contribution is 2.27. The summed E-state index contributed by atoms with van der Waals surface area (Å²) in [5.41, 5.74) is 5.03. The molecule has 0 fully saturated rings. The quantitative estimate of drug-likeness (QED) is 0.557. The molecule has 0 saturated heterocycles. The van der Waals surface area contributed by atoms with Crippen LogP contribution in [0.4, 0.5) is 5.69 Å². The SMILES string of the molecule is CC1=C(C)C(CN(N=Cc2ccccc2)c2ccccc2)C=C1. The second kappa shape index (κ2) is 7.10. The first-order chi connectivity index (χ1) is 11.2. The summed E-state index contributed by atoms with van der Waals surface area (Å²) in [4.78, 5) is 0. The molecule has 0 bridgehead atoms. The fourth-order valence-corrected chi connectivity index (χ4v) is 2.71. The highest BCUT2D eigenvalue weighted by atomic mass is 15.4. The number of hydrogen-bond acceptors (Lipinski definition) is 2. The van der Waals surface area contributed by atoms with E-state index >= 15 is 0 Å². The number of nitrogens with zero attached hydrogens (tertiary/aromatic N) is 2. The summed E-state index contributed by atoms with van der Waals surface area (Å²) in [5, 5.41) is 6.83. The second-order valence-corrected chi connectivity index (χ2v) is 5.90. The van der Waals surface area contributed by atoms with E-state index in [1.165, 1.54) is 11.1 Å². The van der Waals surface area contributed by atoms with Crippen LogP contribution in [-0.2, 0) is 0 Å². The maximum absolute atomic E-state index is 4.74. The van der Waals surface area contributed by atoms with Crippen LogP contribution in [0, 0.1) is 5.92 Å². The lowest BCUT2D eigenvalue weighted by molar-refractivity contribution is 0.710. The summed E-state index contributed by atoms with van der Waals surface area (Å²) in [6.45, 7) is 5.24. The molecular formula is C21H22N2. The Labute approximate surface area is 138 Å². The van der Waals surface area contributed by atoms with Gasteiger partial charge in [0, 0.05) is 5.92 Å². The fourth-order valence-electron chi connectivity index (χ4n) is 2.71. The number of para-hydroxylation sites is 1. The number of allylic oxidation sites excluding steroid dienone is 2. The number of hydrogen-bond donors (Lipinski definition) is 0. The van der Waals surface area contributed by atoms with Gasteiger partial charge in [0.25, 0.3) is 0 Å². The van der Waals surface area contributed by atoms with Crippen LogP contribution in [0.3, 0.4) is 0 Å². The van der Waals surface area contributed by atoms with Gasteiger partial charge >= 0.3 is 0 Å². The minimum Gasteiger partial charge on any atom is -0.265 e. The molecule has 3 rings (SSSR count). The van der Waals surface area contributed by atoms with Crippen LogP contribution in [0.5, 0.6) is 0 Å². The highest BCUT2D eigenvalue weighted by molar-refractivity contribution is 5.80. The van der Waals surface area contributed by atoms with Gasteiger partial charge in [0.1, 0.15) is 0 Å². The second-order valence-electron chi connectivity index (χ2n) is 5.90. The smallest absolute Gasteiger partial charge is 0.0594 e. The molecule has 0 spiro atoms. The van der Waals surface area contributed by atoms with E-state index < -0.39 is 0 Å². The third-order valence-electron chi connectivity index (χ3n) is 4.33. The first-order valence-electron chi connectivity index (χ1n) is 8.01. The molecule has 1 unspecified atom stereocenters. The van der Waals surface area contributed by atoms with Gasteiger partial charge in [-0.15, -0.1) is 0 Å². The summed E-state index contributed by atoms with van der Waals surface area (Å²) in [6, 6.07) is 20.6. The molecule has 0 aliphatic heterocycles. The Morgan fingerprint density at radius 2 is 1.61 bits per heavy atom. The van der Waals surface area contributed by atoms with Gasteiger partial charge < -0.3 is 0 Å². The molecule has 1 aliphatic rings. The topological polar surface area (TPSA) is 15.6 Å². The summed E-state index contributed by atoms with van der Waals surface area (Å²) in [5.74, 6) is 0.420. The van der Waals surface area contributed by atoms with Gasteiger partial charge in [-0.2, -0.15) is 5.10 Å². The minimum absolute atomic E-state index is 0.420. The van der Waals surface area contributed by atoms with Gasteiger partial charge in [-0.1, -0.05) is 71.8 Å². The highest BCUT2D eigenvalue weighted by Gasteiger charge is 2.18. The molecule has 23 heavy (non-hydrogen) atoms. The molecule has 0 aromatic heterocycles. The summed E-state index contributed by atoms with van der Waals surface area (Å²) < 4.78 is 0. The van der Waals surface area contributed by atoms with Gasteiger partial charge in [-0.25, -0.2) is 0 Å². The van der Waals surface area contributed by atoms with Crippen LogP contribution in [0.1, 0.15) is 19.4 Å². The lowest BCUT2D eigenvalue weighted by Crippen LogP contribution is -2.24. The number of benzene rings is 2. The predicted molar refractivity (Wildman–Crippen MR) is 98.8 cm³/mol. The van der Waals surface area contributed by atoms with Gasteiger partial charge in [0.2, 0.25) is 0 Å². The molecular weight excluding hydrogens is 280 g/mol. The van der Waals surface area contributed by atoms with Crippen molar-refractivity contribution < 1.29 is 0 Å². The average Bonchev–Trinajstić information content (AvgIpc) is 2.92. The number of rotatable bonds is 5. The van der Waals surface area contributed by atoms with Crippen molar-refractivity contribution in [3.63, 3.8) is 0 Å². The Morgan fingerprint density at radius 1 is 0.957 bits per heavy atom. The average molecular weight is 302 g/mol. The molecule has 2 aromatic carbocycles. The van der Waals surface area contributed by atoms with Crippen molar-refractivity contribution in [2.24, 2.45) is 11.0 Å². The van der Waals surface area contributed by atoms with E-state index in [1.807, 2.05) is 30.5 Å². The van der Waals surface area contributed by atoms with Crippen molar-refractivity contribution >= 4 is 11.9 Å². The van der Waals surface area contributed by atoms with Crippen molar-refractivity contribution in [3.8, 4) is 0 Å². The van der Waals surface area contributed by atoms with E-state index in [-0.39, 0.29) is 0 Å². The van der Waals surface area contributed by atoms with E-state index in [0.29, 0.717) is 5.92 Å². The standard InChI is InChI=1S/C21H22N2/c1-17-13-14-20(18(17)2)16-23(21-11-7-4-8-12-21)22-15-19-9-5-3-6-10-19/h3-15,20H,16H2,1-2H3. The van der Waals surface area contributed by atoms with E-state index in [9.17, 15) is 0 Å². The molecule has 116 valence electrons. The van der Waals surface area contributed by atoms with E-state index in [2.05, 4.69) is 67.4 Å². The maximum Gasteiger partial charge on any atom is 0.0594 e. The third-order valence-corrected chi connectivity index (χ3v) is 4.33. The van der Waals surface area contributed by atoms with E-state index in [1.54, 1.807) is 0 Å². The van der Waals surface area contributed by atoms with Crippen molar-refractivity contribution in [3.05, 3.63) is 89.5 Å². The first-order valence-corrected chi connectivity index (χ1v) is 8.01. The van der Waals surface area contributed by atoms with Crippen molar-refractivity contribution in [2.75, 3.05) is 11.6 Å². The summed E-state index contributed by atoms with van der Waals surface area (Å²) in [6.07, 6.45) is 6.42. The molecule has 1 aliphatic carbocycles. The Morgan fingerprint density at radius 3 is 2.22 bits per heavy atom. The monoisotopic (exact) mass is 302 g/mol. The summed E-state index contributed by atoms with van der Waals surface area (Å²) >= 11 is 0. The van der Waals surface area contributed by atoms with Gasteiger partial charge in [-0.05, 0) is 31.5 Å². The van der Waals surface area contributed by atoms with Gasteiger partial charge in [0.05, 0.1) is 18.4 Å². The zero-order chi connectivity index (χ0) is 16.1. The maximum atomic E-state index is 4.74. The van der Waals surface area contributed by atoms with Crippen LogP contribution in [0.2, 0.25) is 0 Å². The summed E-state index contributed by atoms with van der Waals surface area (Å²) in [7, 11) is 0. The van der Waals surface area contributed by atoms with Gasteiger partial charge in [-0.3, -0.25) is 5.01 Å². The minimum atomic E-state index is 0.420. The van der Waals surface area contributed by atoms with Gasteiger partial charge in [0.15, 0.2) is 0 Å². The van der Waals surface area contributed by atoms with Crippen LogP contribution in [0.25, 0.3) is 0 Å². The van der Waals surface area contributed by atoms with Crippen LogP contribution in [-0.4, -0.2) is 12.8 Å². The normalized spacial score (nSPS) is 17.2. The zero-order valence-corrected chi connectivity index (χ0v) is 13.7. The predicted octanol–water partition coefficient (Wildman–Crippen LogP) is 5.05. The Kier molecular flexibility index (Phi) is 4.72. The van der Waals surface area contributed by atoms with Crippen molar-refractivity contribution in [1.82, 2.24) is 0 Å². The molecule has 2 heteroatoms. The largest absolute Gasteiger partial charge is 0.265 e. The van der Waals surface area contributed by atoms with Crippen LogP contribution >= 0.6 is 0 Å².